The minimum absolute atomic E-state index is 0.380. The van der Waals surface area contributed by atoms with Crippen molar-refractivity contribution in [3.8, 4) is 0 Å². The summed E-state index contributed by atoms with van der Waals surface area (Å²) < 4.78 is 0. The Kier molecular flexibility index (Phi) is 2.09. The van der Waals surface area contributed by atoms with Crippen molar-refractivity contribution in [1.29, 1.82) is 0 Å². The number of rotatable bonds is 1. The molecule has 4 N–H and O–H groups in total. The average Bonchev–Trinajstić information content (AvgIpc) is 2.10. The Morgan fingerprint density at radius 3 is 2.22 bits per heavy atom. The van der Waals surface area contributed by atoms with Gasteiger partial charge >= 0.3 is 0 Å². The summed E-state index contributed by atoms with van der Waals surface area (Å²) in [5, 5.41) is 0. The lowest BCUT2D eigenvalue weighted by atomic mass is 10.0. The highest BCUT2D eigenvalue weighted by atomic mass is 14.8. The van der Waals surface area contributed by atoms with Crippen LogP contribution in [-0.4, -0.2) is 12.1 Å². The van der Waals surface area contributed by atoms with Gasteiger partial charge < -0.3 is 11.5 Å². The number of hydrogen-bond acceptors (Lipinski definition) is 2. The minimum Gasteiger partial charge on any atom is -0.328 e. The van der Waals surface area contributed by atoms with Crippen LogP contribution in [0.3, 0.4) is 0 Å². The maximum Gasteiger partial charge on any atom is 0.00823 e. The highest BCUT2D eigenvalue weighted by molar-refractivity contribution is 4.87. The normalized spacial score (nSPS) is 43.7. The van der Waals surface area contributed by atoms with Crippen LogP contribution in [0, 0.1) is 5.92 Å². The first kappa shape index (κ1) is 7.03. The van der Waals surface area contributed by atoms with Gasteiger partial charge in [0.15, 0.2) is 0 Å². The fourth-order valence-electron chi connectivity index (χ4n) is 1.67. The van der Waals surface area contributed by atoms with Gasteiger partial charge in [0.05, 0.1) is 0 Å². The predicted octanol–water partition coefficient (Wildman–Crippen LogP) is 0.461. The summed E-state index contributed by atoms with van der Waals surface area (Å²) in [6.45, 7) is 2.18. The third-order valence-corrected chi connectivity index (χ3v) is 2.31. The van der Waals surface area contributed by atoms with Gasteiger partial charge in [-0.2, -0.15) is 0 Å². The Morgan fingerprint density at radius 1 is 1.33 bits per heavy atom. The zero-order valence-corrected chi connectivity index (χ0v) is 6.01. The van der Waals surface area contributed by atoms with Crippen molar-refractivity contribution in [3.05, 3.63) is 0 Å². The molecule has 1 aliphatic carbocycles. The molecule has 1 rings (SSSR count). The summed E-state index contributed by atoms with van der Waals surface area (Å²) >= 11 is 0. The molecule has 1 saturated carbocycles. The fraction of sp³-hybridized carbons (Fsp3) is 1.00. The molecule has 0 heterocycles. The SMILES string of the molecule is CCC1CC(N)CC1N. The largest absolute Gasteiger partial charge is 0.328 e. The molecule has 3 unspecified atom stereocenters. The zero-order valence-electron chi connectivity index (χ0n) is 6.01. The summed E-state index contributed by atoms with van der Waals surface area (Å²) in [6.07, 6.45) is 3.35. The van der Waals surface area contributed by atoms with Crippen LogP contribution in [-0.2, 0) is 0 Å². The van der Waals surface area contributed by atoms with E-state index in [0.717, 1.165) is 12.8 Å². The van der Waals surface area contributed by atoms with Gasteiger partial charge in [-0.1, -0.05) is 13.3 Å². The lowest BCUT2D eigenvalue weighted by Crippen LogP contribution is -2.24. The second-order valence-electron chi connectivity index (χ2n) is 3.06. The lowest BCUT2D eigenvalue weighted by molar-refractivity contribution is 0.465. The lowest BCUT2D eigenvalue weighted by Gasteiger charge is -2.10. The molecule has 0 amide bonds. The van der Waals surface area contributed by atoms with E-state index in [2.05, 4.69) is 6.92 Å². The summed E-state index contributed by atoms with van der Waals surface area (Å²) in [7, 11) is 0. The van der Waals surface area contributed by atoms with Crippen LogP contribution in [0.4, 0.5) is 0 Å². The predicted molar refractivity (Wildman–Crippen MR) is 39.0 cm³/mol. The molecule has 0 saturated heterocycles. The third-order valence-electron chi connectivity index (χ3n) is 2.31. The molecule has 0 radical (unpaired) electrons. The molecule has 1 aliphatic rings. The molecule has 54 valence electrons. The van der Waals surface area contributed by atoms with Crippen LogP contribution in [0.1, 0.15) is 26.2 Å². The maximum atomic E-state index is 5.80. The first-order chi connectivity index (χ1) is 4.24. The summed E-state index contributed by atoms with van der Waals surface area (Å²) in [4.78, 5) is 0. The van der Waals surface area contributed by atoms with Gasteiger partial charge in [-0.25, -0.2) is 0 Å². The van der Waals surface area contributed by atoms with Crippen molar-refractivity contribution in [2.24, 2.45) is 17.4 Å². The van der Waals surface area contributed by atoms with E-state index in [1.165, 1.54) is 6.42 Å². The molecule has 1 fully saturated rings. The van der Waals surface area contributed by atoms with Gasteiger partial charge in [-0.15, -0.1) is 0 Å². The molecule has 0 aromatic rings. The van der Waals surface area contributed by atoms with E-state index in [9.17, 15) is 0 Å². The standard InChI is InChI=1S/C7H16N2/c1-2-5-3-6(8)4-7(5)9/h5-7H,2-4,8-9H2,1H3. The molecular formula is C7H16N2. The van der Waals surface area contributed by atoms with Gasteiger partial charge in [0.1, 0.15) is 0 Å². The molecule has 3 atom stereocenters. The maximum absolute atomic E-state index is 5.80. The fourth-order valence-corrected chi connectivity index (χ4v) is 1.67. The number of hydrogen-bond donors (Lipinski definition) is 2. The minimum atomic E-state index is 0.380. The van der Waals surface area contributed by atoms with Crippen molar-refractivity contribution in [2.45, 2.75) is 38.3 Å². The van der Waals surface area contributed by atoms with E-state index in [4.69, 9.17) is 11.5 Å². The van der Waals surface area contributed by atoms with Crippen LogP contribution < -0.4 is 11.5 Å². The van der Waals surface area contributed by atoms with Crippen LogP contribution in [0.2, 0.25) is 0 Å². The molecule has 2 heteroatoms. The molecule has 9 heavy (non-hydrogen) atoms. The second-order valence-corrected chi connectivity index (χ2v) is 3.06. The molecule has 2 nitrogen and oxygen atoms in total. The smallest absolute Gasteiger partial charge is 0.00823 e. The highest BCUT2D eigenvalue weighted by Crippen LogP contribution is 2.25. The highest BCUT2D eigenvalue weighted by Gasteiger charge is 2.27. The molecule has 0 aliphatic heterocycles. The van der Waals surface area contributed by atoms with Crippen LogP contribution >= 0.6 is 0 Å². The van der Waals surface area contributed by atoms with Crippen molar-refractivity contribution in [3.63, 3.8) is 0 Å². The summed E-state index contributed by atoms with van der Waals surface area (Å²) in [5.74, 6) is 0.694. The molecule has 0 bridgehead atoms. The Labute approximate surface area is 56.6 Å². The van der Waals surface area contributed by atoms with E-state index >= 15 is 0 Å². The topological polar surface area (TPSA) is 52.0 Å². The van der Waals surface area contributed by atoms with Crippen LogP contribution in [0.5, 0.6) is 0 Å². The van der Waals surface area contributed by atoms with E-state index in [1.54, 1.807) is 0 Å². The van der Waals surface area contributed by atoms with Crippen LogP contribution in [0.25, 0.3) is 0 Å². The van der Waals surface area contributed by atoms with Gasteiger partial charge in [0.25, 0.3) is 0 Å². The Bertz CT molecular complexity index is 92.9. The monoisotopic (exact) mass is 128 g/mol. The first-order valence-corrected chi connectivity index (χ1v) is 3.75. The van der Waals surface area contributed by atoms with Crippen molar-refractivity contribution >= 4 is 0 Å². The average molecular weight is 128 g/mol. The molecule has 0 spiro atoms. The van der Waals surface area contributed by atoms with Gasteiger partial charge in [-0.3, -0.25) is 0 Å². The van der Waals surface area contributed by atoms with E-state index in [-0.39, 0.29) is 0 Å². The summed E-state index contributed by atoms with van der Waals surface area (Å²) in [6, 6.07) is 0.759. The van der Waals surface area contributed by atoms with E-state index in [1.807, 2.05) is 0 Å². The zero-order chi connectivity index (χ0) is 6.85. The quantitative estimate of drug-likeness (QED) is 0.539. The summed E-state index contributed by atoms with van der Waals surface area (Å²) in [5.41, 5.74) is 11.5. The second kappa shape index (κ2) is 2.67. The van der Waals surface area contributed by atoms with Gasteiger partial charge in [-0.05, 0) is 18.8 Å². The van der Waals surface area contributed by atoms with Crippen LogP contribution in [0.15, 0.2) is 0 Å². The van der Waals surface area contributed by atoms with Crippen molar-refractivity contribution < 1.29 is 0 Å². The van der Waals surface area contributed by atoms with Gasteiger partial charge in [0, 0.05) is 12.1 Å². The van der Waals surface area contributed by atoms with Crippen molar-refractivity contribution in [2.75, 3.05) is 0 Å². The Balaban J connectivity index is 2.38. The molecule has 0 aromatic heterocycles. The van der Waals surface area contributed by atoms with Gasteiger partial charge in [0.2, 0.25) is 0 Å². The molecule has 0 aromatic carbocycles. The Morgan fingerprint density at radius 2 is 2.00 bits per heavy atom. The third kappa shape index (κ3) is 1.43. The number of nitrogens with two attached hydrogens (primary N) is 2. The van der Waals surface area contributed by atoms with E-state index < -0.39 is 0 Å². The van der Waals surface area contributed by atoms with E-state index in [0.29, 0.717) is 18.0 Å². The van der Waals surface area contributed by atoms with Crippen molar-refractivity contribution in [1.82, 2.24) is 0 Å². The molecular weight excluding hydrogens is 112 g/mol. The Hall–Kier alpha value is -0.0800. The first-order valence-electron chi connectivity index (χ1n) is 3.75.